The molecule has 0 bridgehead atoms. The van der Waals surface area contributed by atoms with E-state index in [4.69, 9.17) is 4.74 Å². The number of amides is 1. The minimum Gasteiger partial charge on any atom is -0.465 e. The monoisotopic (exact) mass is 398 g/mol. The number of nitrogens with zero attached hydrogens (tertiary/aromatic N) is 2. The van der Waals surface area contributed by atoms with Crippen LogP contribution in [-0.4, -0.2) is 33.5 Å². The molecule has 29 heavy (non-hydrogen) atoms. The summed E-state index contributed by atoms with van der Waals surface area (Å²) in [5, 5.41) is 2.85. The molecule has 2 aromatic heterocycles. The number of carbonyl (C=O) groups excluding carboxylic acids is 2. The molecule has 2 heterocycles. The third-order valence-corrected chi connectivity index (χ3v) is 4.91. The van der Waals surface area contributed by atoms with Crippen molar-refractivity contribution < 1.29 is 18.7 Å². The van der Waals surface area contributed by atoms with Crippen LogP contribution in [0.15, 0.2) is 36.7 Å². The van der Waals surface area contributed by atoms with Crippen LogP contribution in [0.4, 0.5) is 4.39 Å². The molecule has 1 atom stereocenters. The molecule has 0 saturated carbocycles. The van der Waals surface area contributed by atoms with E-state index in [0.29, 0.717) is 34.6 Å². The Morgan fingerprint density at radius 1 is 1.34 bits per heavy atom. The summed E-state index contributed by atoms with van der Waals surface area (Å²) in [5.74, 6) is -0.946. The van der Waals surface area contributed by atoms with E-state index < -0.39 is 23.7 Å². The van der Waals surface area contributed by atoms with Crippen LogP contribution in [0.25, 0.3) is 0 Å². The van der Waals surface area contributed by atoms with Crippen molar-refractivity contribution in [2.24, 2.45) is 7.05 Å². The number of aryl methyl sites for hydroxylation is 2. The van der Waals surface area contributed by atoms with Crippen molar-refractivity contribution in [1.29, 1.82) is 0 Å². The fraction of sp³-hybridized carbons (Fsp3) is 0.286. The Morgan fingerprint density at radius 3 is 2.66 bits per heavy atom. The van der Waals surface area contributed by atoms with Gasteiger partial charge in [0.1, 0.15) is 23.4 Å². The molecule has 0 saturated heterocycles. The van der Waals surface area contributed by atoms with Crippen molar-refractivity contribution in [3.05, 3.63) is 76.4 Å². The second-order valence-corrected chi connectivity index (χ2v) is 6.65. The van der Waals surface area contributed by atoms with E-state index in [0.717, 1.165) is 0 Å². The minimum absolute atomic E-state index is 0.234. The Bertz CT molecular complexity index is 1050. The number of ether oxygens (including phenoxy) is 1. The average Bonchev–Trinajstić information content (AvgIpc) is 3.28. The highest BCUT2D eigenvalue weighted by molar-refractivity contribution is 6.00. The van der Waals surface area contributed by atoms with E-state index >= 15 is 0 Å². The SMILES string of the molecule is CCc1[nH]c(C(=O)N[C@@H](c2ccccc2F)c2nccn2C)c(C)c1C(=O)OC. The number of benzene rings is 1. The molecule has 3 rings (SSSR count). The summed E-state index contributed by atoms with van der Waals surface area (Å²) in [6.45, 7) is 3.55. The van der Waals surface area contributed by atoms with Gasteiger partial charge in [-0.25, -0.2) is 14.2 Å². The molecule has 0 spiro atoms. The van der Waals surface area contributed by atoms with Crippen molar-refractivity contribution >= 4 is 11.9 Å². The van der Waals surface area contributed by atoms with Crippen LogP contribution in [-0.2, 0) is 18.2 Å². The number of nitrogens with one attached hydrogen (secondary N) is 2. The largest absolute Gasteiger partial charge is 0.465 e. The van der Waals surface area contributed by atoms with E-state index in [1.54, 1.807) is 49.1 Å². The quantitative estimate of drug-likeness (QED) is 0.625. The Balaban J connectivity index is 2.02. The van der Waals surface area contributed by atoms with Crippen LogP contribution in [0.2, 0.25) is 0 Å². The lowest BCUT2D eigenvalue weighted by Crippen LogP contribution is -2.32. The van der Waals surface area contributed by atoms with Crippen LogP contribution in [0.1, 0.15) is 56.5 Å². The molecule has 8 heteroatoms. The van der Waals surface area contributed by atoms with E-state index in [1.165, 1.54) is 13.2 Å². The van der Waals surface area contributed by atoms with Crippen LogP contribution >= 0.6 is 0 Å². The summed E-state index contributed by atoms with van der Waals surface area (Å²) in [7, 11) is 3.07. The second-order valence-electron chi connectivity index (χ2n) is 6.65. The van der Waals surface area contributed by atoms with Gasteiger partial charge in [-0.05, 0) is 25.0 Å². The van der Waals surface area contributed by atoms with Crippen molar-refractivity contribution in [3.63, 3.8) is 0 Å². The fourth-order valence-electron chi connectivity index (χ4n) is 3.38. The lowest BCUT2D eigenvalue weighted by Gasteiger charge is -2.19. The molecule has 2 N–H and O–H groups in total. The molecule has 0 aliphatic heterocycles. The number of aromatic amines is 1. The number of imidazole rings is 1. The first-order valence-corrected chi connectivity index (χ1v) is 9.21. The fourth-order valence-corrected chi connectivity index (χ4v) is 3.38. The standard InChI is InChI=1S/C21H23FN4O3/c1-5-15-16(21(28)29-4)12(2)17(24-15)20(27)25-18(19-23-10-11-26(19)3)13-8-6-7-9-14(13)22/h6-11,18,24H,5H2,1-4H3,(H,25,27)/t18-/m0/s1. The van der Waals surface area contributed by atoms with E-state index in [9.17, 15) is 14.0 Å². The summed E-state index contributed by atoms with van der Waals surface area (Å²) >= 11 is 0. The predicted molar refractivity (Wildman–Crippen MR) is 105 cm³/mol. The molecule has 152 valence electrons. The molecular weight excluding hydrogens is 375 g/mol. The summed E-state index contributed by atoms with van der Waals surface area (Å²) in [6.07, 6.45) is 3.83. The number of hydrogen-bond donors (Lipinski definition) is 2. The first kappa shape index (κ1) is 20.3. The zero-order valence-electron chi connectivity index (χ0n) is 16.7. The van der Waals surface area contributed by atoms with Gasteiger partial charge in [0.25, 0.3) is 5.91 Å². The van der Waals surface area contributed by atoms with Crippen molar-refractivity contribution in [1.82, 2.24) is 19.9 Å². The number of halogens is 1. The van der Waals surface area contributed by atoms with Gasteiger partial charge in [0, 0.05) is 30.7 Å². The molecule has 0 radical (unpaired) electrons. The van der Waals surface area contributed by atoms with Gasteiger partial charge in [-0.2, -0.15) is 0 Å². The first-order chi connectivity index (χ1) is 13.9. The minimum atomic E-state index is -0.807. The Morgan fingerprint density at radius 2 is 2.07 bits per heavy atom. The van der Waals surface area contributed by atoms with E-state index in [2.05, 4.69) is 15.3 Å². The Labute approximate surface area is 167 Å². The van der Waals surface area contributed by atoms with Gasteiger partial charge in [0.05, 0.1) is 12.7 Å². The molecule has 0 fully saturated rings. The van der Waals surface area contributed by atoms with Gasteiger partial charge in [-0.3, -0.25) is 4.79 Å². The lowest BCUT2D eigenvalue weighted by atomic mass is 10.0. The third kappa shape index (κ3) is 3.78. The Kier molecular flexibility index (Phi) is 5.81. The molecule has 0 aliphatic rings. The van der Waals surface area contributed by atoms with Gasteiger partial charge < -0.3 is 19.6 Å². The summed E-state index contributed by atoms with van der Waals surface area (Å²) in [4.78, 5) is 32.5. The molecule has 3 aromatic rings. The van der Waals surface area contributed by atoms with Crippen molar-refractivity contribution in [2.75, 3.05) is 7.11 Å². The number of carbonyl (C=O) groups is 2. The molecular formula is C21H23FN4O3. The van der Waals surface area contributed by atoms with Crippen LogP contribution < -0.4 is 5.32 Å². The van der Waals surface area contributed by atoms with Crippen LogP contribution in [0, 0.1) is 12.7 Å². The maximum absolute atomic E-state index is 14.5. The van der Waals surface area contributed by atoms with Crippen LogP contribution in [0.5, 0.6) is 0 Å². The zero-order chi connectivity index (χ0) is 21.1. The van der Waals surface area contributed by atoms with Gasteiger partial charge in [-0.15, -0.1) is 0 Å². The summed E-state index contributed by atoms with van der Waals surface area (Å²) < 4.78 is 21.1. The van der Waals surface area contributed by atoms with Crippen molar-refractivity contribution in [2.45, 2.75) is 26.3 Å². The van der Waals surface area contributed by atoms with Gasteiger partial charge in [0.15, 0.2) is 0 Å². The average molecular weight is 398 g/mol. The number of hydrogen-bond acceptors (Lipinski definition) is 4. The number of H-pyrrole nitrogens is 1. The predicted octanol–water partition coefficient (Wildman–Crippen LogP) is 3.06. The number of methoxy groups -OCH3 is 1. The lowest BCUT2D eigenvalue weighted by molar-refractivity contribution is 0.0599. The summed E-state index contributed by atoms with van der Waals surface area (Å²) in [6, 6.07) is 5.42. The van der Waals surface area contributed by atoms with Crippen molar-refractivity contribution in [3.8, 4) is 0 Å². The maximum Gasteiger partial charge on any atom is 0.339 e. The number of aromatic nitrogens is 3. The third-order valence-electron chi connectivity index (χ3n) is 4.91. The normalized spacial score (nSPS) is 11.9. The second kappa shape index (κ2) is 8.30. The van der Waals surface area contributed by atoms with Gasteiger partial charge >= 0.3 is 5.97 Å². The summed E-state index contributed by atoms with van der Waals surface area (Å²) in [5.41, 5.74) is 1.97. The highest BCUT2D eigenvalue weighted by Gasteiger charge is 2.28. The molecule has 1 amide bonds. The molecule has 0 unspecified atom stereocenters. The Hall–Kier alpha value is -3.42. The van der Waals surface area contributed by atoms with Gasteiger partial charge in [-0.1, -0.05) is 25.1 Å². The topological polar surface area (TPSA) is 89.0 Å². The highest BCUT2D eigenvalue weighted by atomic mass is 19.1. The smallest absolute Gasteiger partial charge is 0.339 e. The van der Waals surface area contributed by atoms with Gasteiger partial charge in [0.2, 0.25) is 0 Å². The molecule has 1 aromatic carbocycles. The first-order valence-electron chi connectivity index (χ1n) is 9.21. The number of rotatable bonds is 6. The van der Waals surface area contributed by atoms with E-state index in [-0.39, 0.29) is 5.69 Å². The van der Waals surface area contributed by atoms with Crippen LogP contribution in [0.3, 0.4) is 0 Å². The number of esters is 1. The maximum atomic E-state index is 14.5. The zero-order valence-corrected chi connectivity index (χ0v) is 16.7. The highest BCUT2D eigenvalue weighted by Crippen LogP contribution is 2.25. The molecule has 7 nitrogen and oxygen atoms in total. The molecule has 0 aliphatic carbocycles. The van der Waals surface area contributed by atoms with E-state index in [1.807, 2.05) is 6.92 Å².